The molecule has 0 saturated carbocycles. The van der Waals surface area contributed by atoms with Crippen LogP contribution in [-0.4, -0.2) is 76.0 Å². The number of hydrogen-bond acceptors (Lipinski definition) is 8. The van der Waals surface area contributed by atoms with Crippen LogP contribution in [0.3, 0.4) is 0 Å². The highest BCUT2D eigenvalue weighted by molar-refractivity contribution is 7.22. The molecule has 0 radical (unpaired) electrons. The fourth-order valence-corrected chi connectivity index (χ4v) is 4.86. The molecule has 33 heavy (non-hydrogen) atoms. The lowest BCUT2D eigenvalue weighted by molar-refractivity contribution is 0.0391. The van der Waals surface area contributed by atoms with Gasteiger partial charge in [0.05, 0.1) is 34.0 Å². The van der Waals surface area contributed by atoms with Crippen molar-refractivity contribution >= 4 is 32.6 Å². The Morgan fingerprint density at radius 3 is 2.45 bits per heavy atom. The second-order valence-corrected chi connectivity index (χ2v) is 8.49. The number of amides is 1. The smallest absolute Gasteiger partial charge is 0.260 e. The minimum Gasteiger partial charge on any atom is -0.495 e. The second-order valence-electron chi connectivity index (χ2n) is 7.51. The van der Waals surface area contributed by atoms with Crippen molar-refractivity contribution in [2.45, 2.75) is 6.92 Å². The molecule has 0 spiro atoms. The van der Waals surface area contributed by atoms with Crippen LogP contribution in [0.4, 0.5) is 5.13 Å². The Kier molecular flexibility index (Phi) is 7.64. The first-order chi connectivity index (χ1) is 16.1. The quantitative estimate of drug-likeness (QED) is 0.471. The lowest BCUT2D eigenvalue weighted by Crippen LogP contribution is -2.43. The summed E-state index contributed by atoms with van der Waals surface area (Å²) in [4.78, 5) is 22.5. The molecular formula is C24H29N3O5S. The van der Waals surface area contributed by atoms with Gasteiger partial charge in [0, 0.05) is 31.7 Å². The van der Waals surface area contributed by atoms with Gasteiger partial charge in [0.15, 0.2) is 5.13 Å². The minimum atomic E-state index is -0.108. The average molecular weight is 472 g/mol. The largest absolute Gasteiger partial charge is 0.495 e. The van der Waals surface area contributed by atoms with E-state index >= 15 is 0 Å². The van der Waals surface area contributed by atoms with Gasteiger partial charge < -0.3 is 18.9 Å². The standard InChI is InChI=1S/C24H29N3O5S/c1-4-32-18-7-5-17(6-8-18)23(28)27(12-11-26-13-15-31-16-14-26)24-25-21-19(29-2)9-10-20(30-3)22(21)33-24/h5-10H,4,11-16H2,1-3H3. The highest BCUT2D eigenvalue weighted by atomic mass is 32.1. The van der Waals surface area contributed by atoms with Crippen LogP contribution in [0.2, 0.25) is 0 Å². The molecule has 1 amide bonds. The summed E-state index contributed by atoms with van der Waals surface area (Å²) >= 11 is 1.43. The zero-order valence-electron chi connectivity index (χ0n) is 19.2. The van der Waals surface area contributed by atoms with Gasteiger partial charge in [-0.2, -0.15) is 0 Å². The highest BCUT2D eigenvalue weighted by Gasteiger charge is 2.25. The molecule has 1 aromatic heterocycles. The summed E-state index contributed by atoms with van der Waals surface area (Å²) in [5, 5.41) is 0.611. The molecule has 1 fully saturated rings. The number of carbonyl (C=O) groups is 1. The van der Waals surface area contributed by atoms with Crippen molar-refractivity contribution in [2.24, 2.45) is 0 Å². The topological polar surface area (TPSA) is 73.4 Å². The summed E-state index contributed by atoms with van der Waals surface area (Å²) in [6.07, 6.45) is 0. The highest BCUT2D eigenvalue weighted by Crippen LogP contribution is 2.40. The first-order valence-corrected chi connectivity index (χ1v) is 11.8. The van der Waals surface area contributed by atoms with Gasteiger partial charge in [-0.25, -0.2) is 4.98 Å². The number of ether oxygens (including phenoxy) is 4. The van der Waals surface area contributed by atoms with Crippen LogP contribution in [0.5, 0.6) is 17.2 Å². The maximum atomic E-state index is 13.6. The summed E-state index contributed by atoms with van der Waals surface area (Å²) in [7, 11) is 3.24. The van der Waals surface area contributed by atoms with Crippen LogP contribution in [0.15, 0.2) is 36.4 Å². The normalized spacial score (nSPS) is 14.3. The molecule has 1 aliphatic rings. The van der Waals surface area contributed by atoms with Gasteiger partial charge in [-0.15, -0.1) is 0 Å². The SMILES string of the molecule is CCOc1ccc(C(=O)N(CCN2CCOCC2)c2nc3c(OC)ccc(OC)c3s2)cc1. The van der Waals surface area contributed by atoms with Crippen molar-refractivity contribution in [3.05, 3.63) is 42.0 Å². The molecule has 1 aliphatic heterocycles. The predicted octanol–water partition coefficient (Wildman–Crippen LogP) is 3.69. The van der Waals surface area contributed by atoms with Crippen molar-refractivity contribution in [2.75, 3.05) is 65.1 Å². The number of nitrogens with zero attached hydrogens (tertiary/aromatic N) is 3. The fourth-order valence-electron chi connectivity index (χ4n) is 3.76. The number of rotatable bonds is 9. The van der Waals surface area contributed by atoms with Crippen LogP contribution in [-0.2, 0) is 4.74 Å². The molecule has 8 nitrogen and oxygen atoms in total. The first kappa shape index (κ1) is 23.3. The minimum absolute atomic E-state index is 0.108. The molecule has 1 saturated heterocycles. The molecule has 0 N–H and O–H groups in total. The number of thiazole rings is 1. The van der Waals surface area contributed by atoms with E-state index in [1.807, 2.05) is 31.2 Å². The van der Waals surface area contributed by atoms with Crippen molar-refractivity contribution in [3.63, 3.8) is 0 Å². The van der Waals surface area contributed by atoms with Crippen molar-refractivity contribution in [1.82, 2.24) is 9.88 Å². The Labute approximate surface area is 197 Å². The molecule has 3 aromatic rings. The van der Waals surface area contributed by atoms with Gasteiger partial charge >= 0.3 is 0 Å². The summed E-state index contributed by atoms with van der Waals surface area (Å²) in [6.45, 7) is 6.88. The van der Waals surface area contributed by atoms with Crippen molar-refractivity contribution in [3.8, 4) is 17.2 Å². The maximum Gasteiger partial charge on any atom is 0.260 e. The summed E-state index contributed by atoms with van der Waals surface area (Å²) in [5.41, 5.74) is 1.27. The lowest BCUT2D eigenvalue weighted by Gasteiger charge is -2.29. The van der Waals surface area contributed by atoms with E-state index in [0.717, 1.165) is 30.1 Å². The van der Waals surface area contributed by atoms with Crippen molar-refractivity contribution in [1.29, 1.82) is 0 Å². The summed E-state index contributed by atoms with van der Waals surface area (Å²) in [5.74, 6) is 1.98. The van der Waals surface area contributed by atoms with Crippen LogP contribution >= 0.6 is 11.3 Å². The Balaban J connectivity index is 1.67. The van der Waals surface area contributed by atoms with Crippen LogP contribution < -0.4 is 19.1 Å². The molecule has 0 aliphatic carbocycles. The van der Waals surface area contributed by atoms with Crippen LogP contribution in [0.1, 0.15) is 17.3 Å². The molecule has 2 heterocycles. The third kappa shape index (κ3) is 5.21. The molecule has 0 atom stereocenters. The lowest BCUT2D eigenvalue weighted by atomic mass is 10.2. The van der Waals surface area contributed by atoms with E-state index in [2.05, 4.69) is 4.90 Å². The maximum absolute atomic E-state index is 13.6. The fraction of sp³-hybridized carbons (Fsp3) is 0.417. The van der Waals surface area contributed by atoms with E-state index in [0.29, 0.717) is 54.1 Å². The predicted molar refractivity (Wildman–Crippen MR) is 129 cm³/mol. The number of hydrogen-bond donors (Lipinski definition) is 0. The zero-order chi connectivity index (χ0) is 23.2. The number of aromatic nitrogens is 1. The van der Waals surface area contributed by atoms with Gasteiger partial charge in [0.1, 0.15) is 27.5 Å². The van der Waals surface area contributed by atoms with Crippen molar-refractivity contribution < 1.29 is 23.7 Å². The van der Waals surface area contributed by atoms with Gasteiger partial charge in [-0.05, 0) is 43.3 Å². The summed E-state index contributed by atoms with van der Waals surface area (Å²) < 4.78 is 22.9. The molecule has 0 unspecified atom stereocenters. The van der Waals surface area contributed by atoms with Gasteiger partial charge in [0.2, 0.25) is 0 Å². The van der Waals surface area contributed by atoms with Gasteiger partial charge in [-0.1, -0.05) is 11.3 Å². The number of methoxy groups -OCH3 is 2. The van der Waals surface area contributed by atoms with E-state index in [4.69, 9.17) is 23.9 Å². The van der Waals surface area contributed by atoms with Crippen LogP contribution in [0.25, 0.3) is 10.2 Å². The van der Waals surface area contributed by atoms with Gasteiger partial charge in [0.25, 0.3) is 5.91 Å². The third-order valence-electron chi connectivity index (χ3n) is 5.53. The van der Waals surface area contributed by atoms with E-state index in [1.54, 1.807) is 31.3 Å². The van der Waals surface area contributed by atoms with E-state index in [-0.39, 0.29) is 5.91 Å². The monoisotopic (exact) mass is 471 g/mol. The molecule has 9 heteroatoms. The summed E-state index contributed by atoms with van der Waals surface area (Å²) in [6, 6.07) is 10.9. The number of anilines is 1. The molecule has 0 bridgehead atoms. The van der Waals surface area contributed by atoms with E-state index in [9.17, 15) is 4.79 Å². The number of carbonyl (C=O) groups excluding carboxylic acids is 1. The average Bonchev–Trinajstić information content (AvgIpc) is 3.30. The number of morpholine rings is 1. The molecule has 4 rings (SSSR count). The third-order valence-corrected chi connectivity index (χ3v) is 6.62. The first-order valence-electron chi connectivity index (χ1n) is 11.0. The van der Waals surface area contributed by atoms with E-state index < -0.39 is 0 Å². The molecular weight excluding hydrogens is 442 g/mol. The van der Waals surface area contributed by atoms with Crippen LogP contribution in [0, 0.1) is 0 Å². The second kappa shape index (κ2) is 10.8. The van der Waals surface area contributed by atoms with Gasteiger partial charge in [-0.3, -0.25) is 14.6 Å². The molecule has 2 aromatic carbocycles. The zero-order valence-corrected chi connectivity index (χ0v) is 20.0. The Morgan fingerprint density at radius 1 is 1.09 bits per heavy atom. The Hall–Kier alpha value is -2.88. The Morgan fingerprint density at radius 2 is 1.79 bits per heavy atom. The Bertz CT molecular complexity index is 1040. The number of benzene rings is 2. The molecule has 176 valence electrons. The number of fused-ring (bicyclic) bond motifs is 1. The van der Waals surface area contributed by atoms with E-state index in [1.165, 1.54) is 11.3 Å².